The van der Waals surface area contributed by atoms with Gasteiger partial charge in [0.15, 0.2) is 0 Å². The molecule has 0 unspecified atom stereocenters. The van der Waals surface area contributed by atoms with Crippen LogP contribution in [0.2, 0.25) is 0 Å². The van der Waals surface area contributed by atoms with E-state index in [1.165, 1.54) is 25.7 Å². The van der Waals surface area contributed by atoms with E-state index in [9.17, 15) is 15.0 Å². The van der Waals surface area contributed by atoms with Crippen molar-refractivity contribution in [1.82, 2.24) is 5.32 Å². The molecule has 0 aromatic heterocycles. The van der Waals surface area contributed by atoms with Gasteiger partial charge in [-0.2, -0.15) is 0 Å². The Labute approximate surface area is 269 Å². The standard InChI is InChI=1S/C38H68N2O4/c1-33(2)27-16-21-36(6)28(35(27,5)19-17-29(33)40-31(42)14-12-10-9-11-13-23-39)24-26(41)32-25(15-20-37(32,36)7)38(8)22-18-30(44-38)34(3,4)43/h25-30,32,41,43H,9-24,39H2,1-8H3,(H,40,42)/t25-,26+,27-,28+,29-,30-,32-,35-,36+,37+,38-/m0/s1. The van der Waals surface area contributed by atoms with Crippen molar-refractivity contribution in [2.24, 2.45) is 51.1 Å². The average Bonchev–Trinajstić information content (AvgIpc) is 3.52. The molecule has 5 rings (SSSR count). The summed E-state index contributed by atoms with van der Waals surface area (Å²) in [4.78, 5) is 13.1. The maximum Gasteiger partial charge on any atom is 0.220 e. The first kappa shape index (κ1) is 34.6. The van der Waals surface area contributed by atoms with Crippen molar-refractivity contribution in [2.45, 2.75) is 181 Å². The first-order valence-electron chi connectivity index (χ1n) is 18.5. The predicted molar refractivity (Wildman–Crippen MR) is 178 cm³/mol. The number of aliphatic hydroxyl groups excluding tert-OH is 1. The average molecular weight is 617 g/mol. The van der Waals surface area contributed by atoms with Gasteiger partial charge in [0, 0.05) is 12.5 Å². The summed E-state index contributed by atoms with van der Waals surface area (Å²) < 4.78 is 6.73. The summed E-state index contributed by atoms with van der Waals surface area (Å²) in [6.07, 6.45) is 15.2. The van der Waals surface area contributed by atoms with E-state index in [2.05, 4.69) is 46.9 Å². The van der Waals surface area contributed by atoms with Crippen molar-refractivity contribution in [2.75, 3.05) is 6.54 Å². The molecule has 5 aliphatic rings. The van der Waals surface area contributed by atoms with Crippen molar-refractivity contribution in [3.05, 3.63) is 0 Å². The molecule has 0 aromatic carbocycles. The van der Waals surface area contributed by atoms with Crippen LogP contribution in [0.1, 0.15) is 152 Å². The second-order valence-corrected chi connectivity index (χ2v) is 18.4. The summed E-state index contributed by atoms with van der Waals surface area (Å²) in [6, 6.07) is 0.213. The van der Waals surface area contributed by atoms with Gasteiger partial charge in [-0.05, 0) is 143 Å². The molecule has 4 saturated carbocycles. The van der Waals surface area contributed by atoms with Crippen molar-refractivity contribution in [1.29, 1.82) is 0 Å². The Hall–Kier alpha value is -0.690. The third-order valence-corrected chi connectivity index (χ3v) is 15.3. The molecule has 1 aliphatic heterocycles. The third kappa shape index (κ3) is 5.62. The molecule has 1 saturated heterocycles. The highest BCUT2D eigenvalue weighted by molar-refractivity contribution is 5.76. The largest absolute Gasteiger partial charge is 0.393 e. The van der Waals surface area contributed by atoms with E-state index in [1.807, 2.05) is 13.8 Å². The Morgan fingerprint density at radius 1 is 0.864 bits per heavy atom. The zero-order valence-corrected chi connectivity index (χ0v) is 29.6. The summed E-state index contributed by atoms with van der Waals surface area (Å²) >= 11 is 0. The second-order valence-electron chi connectivity index (χ2n) is 18.4. The lowest BCUT2D eigenvalue weighted by Gasteiger charge is -2.71. The number of aliphatic hydroxyl groups is 2. The molecular formula is C38H68N2O4. The van der Waals surface area contributed by atoms with Crippen LogP contribution in [0, 0.1) is 45.3 Å². The summed E-state index contributed by atoms with van der Waals surface area (Å²) in [5, 5.41) is 26.4. The summed E-state index contributed by atoms with van der Waals surface area (Å²) in [5.41, 5.74) is 4.87. The van der Waals surface area contributed by atoms with Crippen molar-refractivity contribution in [3.63, 3.8) is 0 Å². The molecule has 5 fully saturated rings. The van der Waals surface area contributed by atoms with Crippen LogP contribution in [0.15, 0.2) is 0 Å². The summed E-state index contributed by atoms with van der Waals surface area (Å²) in [7, 11) is 0. The lowest BCUT2D eigenvalue weighted by atomic mass is 9.35. The lowest BCUT2D eigenvalue weighted by molar-refractivity contribution is -0.240. The van der Waals surface area contributed by atoms with Crippen LogP contribution in [0.3, 0.4) is 0 Å². The Morgan fingerprint density at radius 3 is 2.18 bits per heavy atom. The van der Waals surface area contributed by atoms with Gasteiger partial charge in [0.1, 0.15) is 0 Å². The topological polar surface area (TPSA) is 105 Å². The number of carbonyl (C=O) groups is 1. The number of ether oxygens (including phenoxy) is 1. The molecule has 0 aromatic rings. The van der Waals surface area contributed by atoms with Gasteiger partial charge in [-0.3, -0.25) is 4.79 Å². The van der Waals surface area contributed by atoms with E-state index >= 15 is 0 Å². The number of hydrogen-bond acceptors (Lipinski definition) is 5. The van der Waals surface area contributed by atoms with Crippen molar-refractivity contribution in [3.8, 4) is 0 Å². The van der Waals surface area contributed by atoms with Crippen LogP contribution in [0.4, 0.5) is 0 Å². The summed E-state index contributed by atoms with van der Waals surface area (Å²) in [5.74, 6) is 1.77. The van der Waals surface area contributed by atoms with Gasteiger partial charge in [0.25, 0.3) is 0 Å². The molecule has 5 N–H and O–H groups in total. The minimum Gasteiger partial charge on any atom is -0.393 e. The van der Waals surface area contributed by atoms with Crippen molar-refractivity contribution >= 4 is 5.91 Å². The molecule has 0 radical (unpaired) electrons. The van der Waals surface area contributed by atoms with Gasteiger partial charge >= 0.3 is 0 Å². The number of hydrogen-bond donors (Lipinski definition) is 4. The van der Waals surface area contributed by atoms with Crippen LogP contribution in [0.25, 0.3) is 0 Å². The van der Waals surface area contributed by atoms with Gasteiger partial charge in [-0.25, -0.2) is 0 Å². The predicted octanol–water partition coefficient (Wildman–Crippen LogP) is 7.14. The van der Waals surface area contributed by atoms with Crippen LogP contribution < -0.4 is 11.1 Å². The molecule has 6 heteroatoms. The minimum atomic E-state index is -0.843. The molecule has 44 heavy (non-hydrogen) atoms. The normalized spacial score (nSPS) is 46.7. The maximum atomic E-state index is 13.1. The molecule has 11 atom stereocenters. The number of amides is 1. The van der Waals surface area contributed by atoms with Crippen LogP contribution in [-0.4, -0.2) is 52.1 Å². The number of fused-ring (bicyclic) bond motifs is 5. The van der Waals surface area contributed by atoms with E-state index in [1.54, 1.807) is 0 Å². The second kappa shape index (κ2) is 12.1. The number of nitrogens with two attached hydrogens (primary N) is 1. The van der Waals surface area contributed by atoms with E-state index < -0.39 is 5.60 Å². The number of nitrogens with one attached hydrogen (secondary N) is 1. The molecule has 0 bridgehead atoms. The van der Waals surface area contributed by atoms with Gasteiger partial charge < -0.3 is 26.0 Å². The molecule has 4 aliphatic carbocycles. The van der Waals surface area contributed by atoms with Crippen molar-refractivity contribution < 1.29 is 19.7 Å². The molecule has 254 valence electrons. The van der Waals surface area contributed by atoms with E-state index in [0.29, 0.717) is 24.2 Å². The lowest BCUT2D eigenvalue weighted by Crippen LogP contribution is -2.67. The quantitative estimate of drug-likeness (QED) is 0.195. The Balaban J connectivity index is 1.30. The van der Waals surface area contributed by atoms with E-state index in [-0.39, 0.29) is 57.3 Å². The van der Waals surface area contributed by atoms with Gasteiger partial charge in [0.2, 0.25) is 5.91 Å². The SMILES string of the molecule is CC(C)(O)[C@@H]1CC[C@@](C)([C@H]2CC[C@]3(C)[C@@H]2[C@H](O)C[C@@H]2[C@@]4(C)CC[C@H](NC(=O)CCCCCCCN)C(C)(C)[C@@H]4CC[C@]23C)O1. The molecule has 0 spiro atoms. The Bertz CT molecular complexity index is 1040. The fourth-order valence-corrected chi connectivity index (χ4v) is 12.6. The van der Waals surface area contributed by atoms with Gasteiger partial charge in [-0.1, -0.05) is 53.9 Å². The van der Waals surface area contributed by atoms with Gasteiger partial charge in [-0.15, -0.1) is 0 Å². The first-order chi connectivity index (χ1) is 20.4. The maximum absolute atomic E-state index is 13.1. The molecule has 1 heterocycles. The molecular weight excluding hydrogens is 548 g/mol. The highest BCUT2D eigenvalue weighted by Crippen LogP contribution is 2.76. The molecule has 6 nitrogen and oxygen atoms in total. The van der Waals surface area contributed by atoms with E-state index in [4.69, 9.17) is 10.5 Å². The number of unbranched alkanes of at least 4 members (excludes halogenated alkanes) is 4. The highest BCUT2D eigenvalue weighted by atomic mass is 16.5. The van der Waals surface area contributed by atoms with E-state index in [0.717, 1.165) is 70.8 Å². The fraction of sp³-hybridized carbons (Fsp3) is 0.974. The smallest absolute Gasteiger partial charge is 0.220 e. The third-order valence-electron chi connectivity index (χ3n) is 15.3. The minimum absolute atomic E-state index is 0.0172. The molecule has 1 amide bonds. The zero-order valence-electron chi connectivity index (χ0n) is 29.6. The monoisotopic (exact) mass is 617 g/mol. The number of rotatable bonds is 10. The summed E-state index contributed by atoms with van der Waals surface area (Å²) in [6.45, 7) is 19.3. The van der Waals surface area contributed by atoms with Crippen LogP contribution in [0.5, 0.6) is 0 Å². The zero-order chi connectivity index (χ0) is 32.3. The van der Waals surface area contributed by atoms with Crippen LogP contribution in [-0.2, 0) is 9.53 Å². The Kier molecular flexibility index (Phi) is 9.51. The van der Waals surface area contributed by atoms with Crippen LogP contribution >= 0.6 is 0 Å². The first-order valence-corrected chi connectivity index (χ1v) is 18.5. The fourth-order valence-electron chi connectivity index (χ4n) is 12.6. The highest BCUT2D eigenvalue weighted by Gasteiger charge is 2.72. The van der Waals surface area contributed by atoms with Gasteiger partial charge in [0.05, 0.1) is 23.4 Å². The number of carbonyl (C=O) groups excluding carboxylic acids is 1. The Morgan fingerprint density at radius 2 is 1.52 bits per heavy atom.